The number of hydrogen-bond acceptors (Lipinski definition) is 5. The summed E-state index contributed by atoms with van der Waals surface area (Å²) in [4.78, 5) is 27.5. The van der Waals surface area contributed by atoms with Gasteiger partial charge in [-0.25, -0.2) is 14.0 Å². The number of alkyl halides is 2. The van der Waals surface area contributed by atoms with Crippen LogP contribution in [-0.4, -0.2) is 48.0 Å². The molecule has 0 amide bonds. The third kappa shape index (κ3) is 5.63. The molecule has 1 N–H and O–H groups in total. The molecule has 0 fully saturated rings. The van der Waals surface area contributed by atoms with Gasteiger partial charge in [-0.05, 0) is 23.8 Å². The van der Waals surface area contributed by atoms with E-state index < -0.39 is 28.9 Å². The Morgan fingerprint density at radius 1 is 1.18 bits per heavy atom. The minimum absolute atomic E-state index is 0.0418. The highest BCUT2D eigenvalue weighted by atomic mass is 79.9. The molecule has 3 atom stereocenters. The SMILES string of the molecule is CO/N=C/C(F)C(c1ccccc1C(=O)O)C(Br)COC(=O)c1ccccc1. The van der Waals surface area contributed by atoms with Gasteiger partial charge in [-0.15, -0.1) is 0 Å². The van der Waals surface area contributed by atoms with Crippen molar-refractivity contribution in [1.82, 2.24) is 0 Å². The molecule has 0 spiro atoms. The van der Waals surface area contributed by atoms with Crippen LogP contribution in [0.1, 0.15) is 32.2 Å². The van der Waals surface area contributed by atoms with Crippen LogP contribution >= 0.6 is 15.9 Å². The first kappa shape index (κ1) is 21.6. The van der Waals surface area contributed by atoms with Gasteiger partial charge >= 0.3 is 11.9 Å². The Kier molecular flexibility index (Phi) is 8.13. The zero-order valence-corrected chi connectivity index (χ0v) is 16.6. The minimum Gasteiger partial charge on any atom is -0.478 e. The average molecular weight is 452 g/mol. The van der Waals surface area contributed by atoms with Crippen LogP contribution in [0.4, 0.5) is 4.39 Å². The van der Waals surface area contributed by atoms with E-state index in [9.17, 15) is 19.1 Å². The maximum atomic E-state index is 14.9. The number of benzene rings is 2. The quantitative estimate of drug-likeness (QED) is 0.269. The summed E-state index contributed by atoms with van der Waals surface area (Å²) in [5.74, 6) is -2.72. The molecule has 0 aliphatic carbocycles. The van der Waals surface area contributed by atoms with Gasteiger partial charge in [0.15, 0.2) is 0 Å². The standard InChI is InChI=1S/C20H19BrFNO5/c1-27-23-11-17(22)18(14-9-5-6-10-15(14)19(24)25)16(21)12-28-20(26)13-7-3-2-4-8-13/h2-11,16-18H,12H2,1H3,(H,24,25)/b23-11+. The van der Waals surface area contributed by atoms with E-state index in [4.69, 9.17) is 4.74 Å². The predicted molar refractivity (Wildman–Crippen MR) is 106 cm³/mol. The van der Waals surface area contributed by atoms with Gasteiger partial charge in [0, 0.05) is 5.92 Å². The Labute approximate surface area is 170 Å². The summed E-state index contributed by atoms with van der Waals surface area (Å²) in [6.45, 7) is -0.173. The number of aromatic carboxylic acids is 1. The van der Waals surface area contributed by atoms with E-state index in [0.29, 0.717) is 5.56 Å². The second-order valence-corrected chi connectivity index (χ2v) is 6.96. The molecule has 2 aromatic rings. The van der Waals surface area contributed by atoms with E-state index in [0.717, 1.165) is 6.21 Å². The summed E-state index contributed by atoms with van der Waals surface area (Å²) in [5, 5.41) is 12.9. The van der Waals surface area contributed by atoms with Crippen molar-refractivity contribution in [2.45, 2.75) is 16.9 Å². The van der Waals surface area contributed by atoms with Gasteiger partial charge in [-0.2, -0.15) is 0 Å². The van der Waals surface area contributed by atoms with Gasteiger partial charge in [0.05, 0.1) is 22.2 Å². The van der Waals surface area contributed by atoms with E-state index in [2.05, 4.69) is 25.9 Å². The molecule has 0 aliphatic rings. The Morgan fingerprint density at radius 2 is 1.82 bits per heavy atom. The molecular weight excluding hydrogens is 433 g/mol. The number of rotatable bonds is 9. The van der Waals surface area contributed by atoms with Crippen LogP contribution in [0.3, 0.4) is 0 Å². The molecule has 0 bridgehead atoms. The molecule has 3 unspecified atom stereocenters. The van der Waals surface area contributed by atoms with Crippen LogP contribution in [-0.2, 0) is 9.57 Å². The second kappa shape index (κ2) is 10.6. The van der Waals surface area contributed by atoms with E-state index in [-0.39, 0.29) is 17.7 Å². The lowest BCUT2D eigenvalue weighted by Crippen LogP contribution is -2.30. The molecule has 148 valence electrons. The van der Waals surface area contributed by atoms with Gasteiger partial charge in [0.1, 0.15) is 19.9 Å². The highest BCUT2D eigenvalue weighted by Gasteiger charge is 2.33. The normalized spacial score (nSPS) is 14.2. The monoisotopic (exact) mass is 451 g/mol. The van der Waals surface area contributed by atoms with Crippen molar-refractivity contribution in [2.75, 3.05) is 13.7 Å². The average Bonchev–Trinajstić information content (AvgIpc) is 2.71. The molecule has 28 heavy (non-hydrogen) atoms. The Hall–Kier alpha value is -2.74. The maximum absolute atomic E-state index is 14.9. The predicted octanol–water partition coefficient (Wildman–Crippen LogP) is 4.06. The lowest BCUT2D eigenvalue weighted by molar-refractivity contribution is 0.0494. The molecule has 2 aromatic carbocycles. The molecular formula is C20H19BrFNO5. The summed E-state index contributed by atoms with van der Waals surface area (Å²) < 4.78 is 20.2. The van der Waals surface area contributed by atoms with E-state index >= 15 is 0 Å². The number of carboxylic acid groups (broad SMARTS) is 1. The Balaban J connectivity index is 2.25. The fraction of sp³-hybridized carbons (Fsp3) is 0.250. The van der Waals surface area contributed by atoms with Gasteiger partial charge in [0.2, 0.25) is 0 Å². The van der Waals surface area contributed by atoms with Gasteiger partial charge < -0.3 is 14.7 Å². The molecule has 0 aliphatic heterocycles. The zero-order valence-electron chi connectivity index (χ0n) is 15.0. The van der Waals surface area contributed by atoms with Gasteiger partial charge in [-0.1, -0.05) is 57.5 Å². The van der Waals surface area contributed by atoms with Crippen molar-refractivity contribution in [2.24, 2.45) is 5.16 Å². The highest BCUT2D eigenvalue weighted by Crippen LogP contribution is 2.33. The minimum atomic E-state index is -1.68. The number of ether oxygens (including phenoxy) is 1. The first-order valence-corrected chi connectivity index (χ1v) is 9.26. The number of oxime groups is 1. The lowest BCUT2D eigenvalue weighted by atomic mass is 9.88. The topological polar surface area (TPSA) is 85.2 Å². The van der Waals surface area contributed by atoms with Crippen LogP contribution in [0.5, 0.6) is 0 Å². The van der Waals surface area contributed by atoms with Crippen LogP contribution in [0.25, 0.3) is 0 Å². The summed E-state index contributed by atoms with van der Waals surface area (Å²) in [5.41, 5.74) is 0.574. The Morgan fingerprint density at radius 3 is 2.46 bits per heavy atom. The first-order valence-electron chi connectivity index (χ1n) is 8.35. The fourth-order valence-electron chi connectivity index (χ4n) is 2.68. The van der Waals surface area contributed by atoms with Crippen molar-refractivity contribution in [3.63, 3.8) is 0 Å². The van der Waals surface area contributed by atoms with Crippen molar-refractivity contribution in [3.05, 3.63) is 71.3 Å². The number of hydrogen-bond donors (Lipinski definition) is 1. The molecule has 6 nitrogen and oxygen atoms in total. The van der Waals surface area contributed by atoms with Crippen molar-refractivity contribution in [1.29, 1.82) is 0 Å². The van der Waals surface area contributed by atoms with Crippen LogP contribution in [0.2, 0.25) is 0 Å². The first-order chi connectivity index (χ1) is 13.5. The van der Waals surface area contributed by atoms with E-state index in [1.807, 2.05) is 0 Å². The second-order valence-electron chi connectivity index (χ2n) is 5.78. The van der Waals surface area contributed by atoms with Crippen molar-refractivity contribution >= 4 is 34.1 Å². The van der Waals surface area contributed by atoms with E-state index in [1.165, 1.54) is 19.2 Å². The summed E-state index contributed by atoms with van der Waals surface area (Å²) >= 11 is 3.35. The van der Waals surface area contributed by atoms with Crippen molar-refractivity contribution in [3.8, 4) is 0 Å². The third-order valence-corrected chi connectivity index (χ3v) is 4.81. The Bertz CT molecular complexity index is 830. The molecule has 2 rings (SSSR count). The van der Waals surface area contributed by atoms with Crippen LogP contribution < -0.4 is 0 Å². The largest absolute Gasteiger partial charge is 0.478 e. The van der Waals surface area contributed by atoms with E-state index in [1.54, 1.807) is 42.5 Å². The van der Waals surface area contributed by atoms with Crippen molar-refractivity contribution < 1.29 is 28.7 Å². The lowest BCUT2D eigenvalue weighted by Gasteiger charge is -2.25. The summed E-state index contributed by atoms with van der Waals surface area (Å²) in [6, 6.07) is 14.5. The highest BCUT2D eigenvalue weighted by molar-refractivity contribution is 9.09. The van der Waals surface area contributed by atoms with Gasteiger partial charge in [-0.3, -0.25) is 0 Å². The number of esters is 1. The molecule has 0 aromatic heterocycles. The number of carbonyl (C=O) groups excluding carboxylic acids is 1. The van der Waals surface area contributed by atoms with Crippen LogP contribution in [0.15, 0.2) is 59.8 Å². The third-order valence-electron chi connectivity index (χ3n) is 3.97. The maximum Gasteiger partial charge on any atom is 0.338 e. The molecule has 0 heterocycles. The number of nitrogens with zero attached hydrogens (tertiary/aromatic N) is 1. The summed E-state index contributed by atoms with van der Waals surface area (Å²) in [6.07, 6.45) is -0.739. The molecule has 0 saturated carbocycles. The van der Waals surface area contributed by atoms with Gasteiger partial charge in [0.25, 0.3) is 0 Å². The smallest absolute Gasteiger partial charge is 0.338 e. The fourth-order valence-corrected chi connectivity index (χ4v) is 3.39. The molecule has 0 radical (unpaired) electrons. The van der Waals surface area contributed by atoms with Crippen LogP contribution in [0, 0.1) is 0 Å². The molecule has 8 heteroatoms. The number of carbonyl (C=O) groups is 2. The molecule has 0 saturated heterocycles. The zero-order chi connectivity index (χ0) is 20.5. The number of halogens is 2. The number of carboxylic acids is 1. The summed E-state index contributed by atoms with van der Waals surface area (Å²) in [7, 11) is 1.27.